The van der Waals surface area contributed by atoms with Gasteiger partial charge in [0.05, 0.1) is 11.6 Å². The Morgan fingerprint density at radius 2 is 2.07 bits per heavy atom. The number of hydrogen-bond donors (Lipinski definition) is 1. The van der Waals surface area contributed by atoms with E-state index in [2.05, 4.69) is 0 Å². The van der Waals surface area contributed by atoms with Gasteiger partial charge in [0, 0.05) is 13.2 Å². The van der Waals surface area contributed by atoms with E-state index in [4.69, 9.17) is 15.2 Å². The van der Waals surface area contributed by atoms with E-state index in [1.54, 1.807) is 0 Å². The zero-order chi connectivity index (χ0) is 10.6. The summed E-state index contributed by atoms with van der Waals surface area (Å²) < 4.78 is 10.4. The monoisotopic (exact) mass is 201 g/mol. The number of rotatable bonds is 4. The van der Waals surface area contributed by atoms with Crippen LogP contribution in [0.5, 0.6) is 0 Å². The van der Waals surface area contributed by atoms with Gasteiger partial charge >= 0.3 is 0 Å². The second kappa shape index (κ2) is 4.87. The predicted molar refractivity (Wildman–Crippen MR) is 53.1 cm³/mol. The van der Waals surface area contributed by atoms with Crippen LogP contribution < -0.4 is 5.73 Å². The number of Topliss-reactive ketones (excluding diaryl/α,β-unsaturated/α-hetero) is 1. The number of carbonyl (C=O) groups excluding carboxylic acids is 1. The summed E-state index contributed by atoms with van der Waals surface area (Å²) in [5, 5.41) is 0. The van der Waals surface area contributed by atoms with Crippen molar-refractivity contribution in [1.82, 2.24) is 0 Å². The van der Waals surface area contributed by atoms with Crippen molar-refractivity contribution in [2.75, 3.05) is 19.8 Å². The standard InChI is InChI=1S/C10H19NO3/c1-8(2)14-7-9(12)10(11)3-5-13-6-4-10/h8H,3-7,11H2,1-2H3. The summed E-state index contributed by atoms with van der Waals surface area (Å²) in [6.07, 6.45) is 1.28. The number of hydrogen-bond acceptors (Lipinski definition) is 4. The van der Waals surface area contributed by atoms with Gasteiger partial charge in [-0.15, -0.1) is 0 Å². The molecule has 1 rings (SSSR count). The van der Waals surface area contributed by atoms with E-state index >= 15 is 0 Å². The normalized spacial score (nSPS) is 21.1. The van der Waals surface area contributed by atoms with Crippen LogP contribution >= 0.6 is 0 Å². The third-order valence-electron chi connectivity index (χ3n) is 2.49. The molecule has 14 heavy (non-hydrogen) atoms. The Balaban J connectivity index is 2.41. The van der Waals surface area contributed by atoms with Crippen molar-refractivity contribution in [2.45, 2.75) is 38.3 Å². The highest BCUT2D eigenvalue weighted by Crippen LogP contribution is 2.18. The molecule has 1 heterocycles. The summed E-state index contributed by atoms with van der Waals surface area (Å²) in [5.41, 5.74) is 5.26. The second-order valence-electron chi connectivity index (χ2n) is 4.05. The molecule has 1 fully saturated rings. The van der Waals surface area contributed by atoms with E-state index in [0.717, 1.165) is 0 Å². The Labute approximate surface area is 84.7 Å². The molecule has 0 unspecified atom stereocenters. The summed E-state index contributed by atoms with van der Waals surface area (Å²) >= 11 is 0. The average molecular weight is 201 g/mol. The van der Waals surface area contributed by atoms with Gasteiger partial charge in [0.2, 0.25) is 0 Å². The lowest BCUT2D eigenvalue weighted by atomic mass is 9.87. The fourth-order valence-electron chi connectivity index (χ4n) is 1.40. The SMILES string of the molecule is CC(C)OCC(=O)C1(N)CCOCC1. The number of carbonyl (C=O) groups is 1. The van der Waals surface area contributed by atoms with Gasteiger partial charge in [0.25, 0.3) is 0 Å². The minimum absolute atomic E-state index is 0.00509. The quantitative estimate of drug-likeness (QED) is 0.719. The molecular weight excluding hydrogens is 182 g/mol. The van der Waals surface area contributed by atoms with Crippen LogP contribution in [0.4, 0.5) is 0 Å². The molecule has 0 amide bonds. The largest absolute Gasteiger partial charge is 0.381 e. The molecule has 1 aliphatic heterocycles. The maximum absolute atomic E-state index is 11.7. The molecule has 0 spiro atoms. The lowest BCUT2D eigenvalue weighted by molar-refractivity contribution is -0.133. The van der Waals surface area contributed by atoms with Crippen LogP contribution in [0.25, 0.3) is 0 Å². The van der Waals surface area contributed by atoms with Gasteiger partial charge in [-0.3, -0.25) is 4.79 Å². The number of ketones is 1. The van der Waals surface area contributed by atoms with E-state index in [1.165, 1.54) is 0 Å². The first kappa shape index (κ1) is 11.6. The fourth-order valence-corrected chi connectivity index (χ4v) is 1.40. The number of nitrogens with two attached hydrogens (primary N) is 1. The molecule has 1 aliphatic rings. The fraction of sp³-hybridized carbons (Fsp3) is 0.900. The first-order valence-corrected chi connectivity index (χ1v) is 5.06. The zero-order valence-electron chi connectivity index (χ0n) is 8.91. The smallest absolute Gasteiger partial charge is 0.178 e. The van der Waals surface area contributed by atoms with Crippen molar-refractivity contribution >= 4 is 5.78 Å². The van der Waals surface area contributed by atoms with Crippen molar-refractivity contribution < 1.29 is 14.3 Å². The minimum atomic E-state index is -0.715. The summed E-state index contributed by atoms with van der Waals surface area (Å²) in [7, 11) is 0. The summed E-state index contributed by atoms with van der Waals surface area (Å²) in [5.74, 6) is -0.00509. The topological polar surface area (TPSA) is 61.5 Å². The molecule has 82 valence electrons. The summed E-state index contributed by atoms with van der Waals surface area (Å²) in [6.45, 7) is 5.07. The van der Waals surface area contributed by atoms with Crippen LogP contribution in [0.2, 0.25) is 0 Å². The van der Waals surface area contributed by atoms with Gasteiger partial charge in [0.1, 0.15) is 6.61 Å². The molecule has 4 nitrogen and oxygen atoms in total. The van der Waals surface area contributed by atoms with Gasteiger partial charge in [-0.05, 0) is 26.7 Å². The molecule has 0 aromatic carbocycles. The summed E-state index contributed by atoms with van der Waals surface area (Å²) in [6, 6.07) is 0. The molecule has 0 atom stereocenters. The molecule has 1 saturated heterocycles. The van der Waals surface area contributed by atoms with Crippen LogP contribution in [-0.2, 0) is 14.3 Å². The molecule has 0 bridgehead atoms. The molecular formula is C10H19NO3. The first-order valence-electron chi connectivity index (χ1n) is 5.06. The predicted octanol–water partition coefficient (Wildman–Crippen LogP) is 0.488. The van der Waals surface area contributed by atoms with Gasteiger partial charge in [-0.1, -0.05) is 0 Å². The van der Waals surface area contributed by atoms with E-state index in [1.807, 2.05) is 13.8 Å². The third-order valence-corrected chi connectivity index (χ3v) is 2.49. The molecule has 0 aromatic heterocycles. The molecule has 0 aromatic rings. The van der Waals surface area contributed by atoms with Crippen molar-refractivity contribution in [1.29, 1.82) is 0 Å². The van der Waals surface area contributed by atoms with Crippen LogP contribution in [0.15, 0.2) is 0 Å². The van der Waals surface area contributed by atoms with E-state index in [9.17, 15) is 4.79 Å². The Morgan fingerprint density at radius 1 is 1.50 bits per heavy atom. The maximum Gasteiger partial charge on any atom is 0.178 e. The lowest BCUT2D eigenvalue weighted by Gasteiger charge is -2.31. The van der Waals surface area contributed by atoms with Crippen molar-refractivity contribution in [3.05, 3.63) is 0 Å². The number of ether oxygens (including phenoxy) is 2. The Bertz CT molecular complexity index is 198. The highest BCUT2D eigenvalue weighted by molar-refractivity contribution is 5.89. The maximum atomic E-state index is 11.7. The molecule has 4 heteroatoms. The zero-order valence-corrected chi connectivity index (χ0v) is 8.91. The second-order valence-corrected chi connectivity index (χ2v) is 4.05. The Kier molecular flexibility index (Phi) is 4.04. The van der Waals surface area contributed by atoms with E-state index in [-0.39, 0.29) is 18.5 Å². The molecule has 2 N–H and O–H groups in total. The van der Waals surface area contributed by atoms with E-state index < -0.39 is 5.54 Å². The van der Waals surface area contributed by atoms with Crippen LogP contribution in [0, 0.1) is 0 Å². The van der Waals surface area contributed by atoms with Gasteiger partial charge in [0.15, 0.2) is 5.78 Å². The average Bonchev–Trinajstić information content (AvgIpc) is 2.15. The third kappa shape index (κ3) is 3.04. The molecule has 0 aliphatic carbocycles. The lowest BCUT2D eigenvalue weighted by Crippen LogP contribution is -2.53. The first-order chi connectivity index (χ1) is 6.54. The van der Waals surface area contributed by atoms with Crippen molar-refractivity contribution in [2.24, 2.45) is 5.73 Å². The Morgan fingerprint density at radius 3 is 2.57 bits per heavy atom. The van der Waals surface area contributed by atoms with Crippen LogP contribution in [0.3, 0.4) is 0 Å². The van der Waals surface area contributed by atoms with Crippen molar-refractivity contribution in [3.63, 3.8) is 0 Å². The minimum Gasteiger partial charge on any atom is -0.381 e. The summed E-state index contributed by atoms with van der Waals surface area (Å²) in [4.78, 5) is 11.7. The van der Waals surface area contributed by atoms with Crippen LogP contribution in [-0.4, -0.2) is 37.2 Å². The molecule has 0 saturated carbocycles. The van der Waals surface area contributed by atoms with Gasteiger partial charge < -0.3 is 15.2 Å². The van der Waals surface area contributed by atoms with Gasteiger partial charge in [-0.25, -0.2) is 0 Å². The molecule has 0 radical (unpaired) electrons. The highest BCUT2D eigenvalue weighted by Gasteiger charge is 2.35. The highest BCUT2D eigenvalue weighted by atomic mass is 16.5. The van der Waals surface area contributed by atoms with Crippen LogP contribution in [0.1, 0.15) is 26.7 Å². The van der Waals surface area contributed by atoms with E-state index in [0.29, 0.717) is 26.1 Å². The van der Waals surface area contributed by atoms with Crippen molar-refractivity contribution in [3.8, 4) is 0 Å². The van der Waals surface area contributed by atoms with Gasteiger partial charge in [-0.2, -0.15) is 0 Å². The Hall–Kier alpha value is -0.450.